The Hall–Kier alpha value is -2.53. The molecule has 0 aliphatic carbocycles. The van der Waals surface area contributed by atoms with E-state index in [2.05, 4.69) is 5.32 Å². The van der Waals surface area contributed by atoms with Crippen LogP contribution in [0.3, 0.4) is 0 Å². The molecule has 0 saturated heterocycles. The molecule has 2 atom stereocenters. The second kappa shape index (κ2) is 11.0. The van der Waals surface area contributed by atoms with E-state index in [4.69, 9.17) is 9.26 Å². The number of carbonyl (C=O) groups excluding carboxylic acids is 1. The minimum absolute atomic E-state index is 0.133. The van der Waals surface area contributed by atoms with Gasteiger partial charge in [-0.1, -0.05) is 78.9 Å². The number of carbonyl (C=O) groups is 1. The molecule has 3 aromatic rings. The highest BCUT2D eigenvalue weighted by Crippen LogP contribution is 2.65. The first-order chi connectivity index (χ1) is 14.6. The molecule has 1 N–H and O–H groups in total. The van der Waals surface area contributed by atoms with Crippen molar-refractivity contribution in [2.24, 2.45) is 0 Å². The summed E-state index contributed by atoms with van der Waals surface area (Å²) in [6.07, 6.45) is -0.280. The topological polar surface area (TPSA) is 64.6 Å². The van der Waals surface area contributed by atoms with Crippen LogP contribution in [-0.4, -0.2) is 19.0 Å². The third-order valence-corrected chi connectivity index (χ3v) is 9.31. The zero-order valence-corrected chi connectivity index (χ0v) is 18.4. The molecule has 7 heteroatoms. The van der Waals surface area contributed by atoms with E-state index in [1.54, 1.807) is 0 Å². The lowest BCUT2D eigenvalue weighted by molar-refractivity contribution is 0.138. The van der Waals surface area contributed by atoms with Crippen LogP contribution in [-0.2, 0) is 26.9 Å². The van der Waals surface area contributed by atoms with Crippen molar-refractivity contribution in [2.45, 2.75) is 23.7 Å². The Kier molecular flexibility index (Phi) is 8.14. The predicted molar refractivity (Wildman–Crippen MR) is 121 cm³/mol. The summed E-state index contributed by atoms with van der Waals surface area (Å²) in [6, 6.07) is 28.3. The second-order valence-corrected chi connectivity index (χ2v) is 11.3. The molecular weight excluding hydrogens is 417 g/mol. The third kappa shape index (κ3) is 6.49. The van der Waals surface area contributed by atoms with Gasteiger partial charge in [-0.05, 0) is 34.6 Å². The molecular formula is C23H24NO4PS. The number of rotatable bonds is 9. The number of alkyl carbamates (subject to hydrolysis) is 1. The van der Waals surface area contributed by atoms with Crippen molar-refractivity contribution < 1.29 is 18.6 Å². The molecule has 30 heavy (non-hydrogen) atoms. The fraction of sp³-hybridized carbons (Fsp3) is 0.174. The summed E-state index contributed by atoms with van der Waals surface area (Å²) in [6.45, 7) is -3.21. The van der Waals surface area contributed by atoms with Crippen LogP contribution in [0.2, 0.25) is 0 Å². The van der Waals surface area contributed by atoms with Gasteiger partial charge in [0.05, 0.1) is 0 Å². The van der Waals surface area contributed by atoms with E-state index in [9.17, 15) is 9.36 Å². The number of benzene rings is 3. The fourth-order valence-electron chi connectivity index (χ4n) is 2.84. The monoisotopic (exact) mass is 441 g/mol. The molecule has 3 aromatic carbocycles. The summed E-state index contributed by atoms with van der Waals surface area (Å²) >= 11 is 1.14. The normalized spacial score (nSPS) is 13.8. The van der Waals surface area contributed by atoms with Gasteiger partial charge in [0.2, 0.25) is 0 Å². The Bertz CT molecular complexity index is 970. The zero-order chi connectivity index (χ0) is 21.2. The summed E-state index contributed by atoms with van der Waals surface area (Å²) in [5.41, 5.74) is 1.82. The lowest BCUT2D eigenvalue weighted by Gasteiger charge is -2.26. The van der Waals surface area contributed by atoms with E-state index >= 15 is 0 Å². The van der Waals surface area contributed by atoms with Gasteiger partial charge in [0.1, 0.15) is 12.4 Å². The highest BCUT2D eigenvalue weighted by Gasteiger charge is 2.36. The molecule has 0 spiro atoms. The Morgan fingerprint density at radius 2 is 1.43 bits per heavy atom. The summed E-state index contributed by atoms with van der Waals surface area (Å²) < 4.78 is 24.6. The van der Waals surface area contributed by atoms with E-state index < -0.39 is 18.4 Å². The Balaban J connectivity index is 1.76. The van der Waals surface area contributed by atoms with Crippen molar-refractivity contribution >= 4 is 24.0 Å². The number of amides is 1. The molecule has 0 aliphatic heterocycles. The van der Waals surface area contributed by atoms with Gasteiger partial charge in [0.25, 0.3) is 6.57 Å². The van der Waals surface area contributed by atoms with Gasteiger partial charge in [-0.15, -0.1) is 0 Å². The Morgan fingerprint density at radius 3 is 2.00 bits per heavy atom. The second-order valence-electron chi connectivity index (χ2n) is 6.54. The minimum atomic E-state index is -3.34. The molecule has 0 radical (unpaired) electrons. The molecule has 1 amide bonds. The van der Waals surface area contributed by atoms with Crippen LogP contribution >= 0.6 is 18.0 Å². The van der Waals surface area contributed by atoms with Crippen LogP contribution in [0.15, 0.2) is 95.9 Å². The minimum Gasteiger partial charge on any atom is -0.445 e. The maximum Gasteiger partial charge on any atom is 0.408 e. The predicted octanol–water partition coefficient (Wildman–Crippen LogP) is 6.11. The van der Waals surface area contributed by atoms with Crippen LogP contribution < -0.4 is 5.32 Å². The summed E-state index contributed by atoms with van der Waals surface area (Å²) in [5.74, 6) is -0.752. The van der Waals surface area contributed by atoms with Crippen molar-refractivity contribution in [3.8, 4) is 0 Å². The van der Waals surface area contributed by atoms with Crippen LogP contribution in [0.1, 0.15) is 11.1 Å². The number of nitrogens with one attached hydrogen (secondary N) is 1. The molecule has 0 aromatic heterocycles. The number of hydrogen-bond donors (Lipinski definition) is 1. The molecule has 0 bridgehead atoms. The van der Waals surface area contributed by atoms with E-state index in [0.29, 0.717) is 6.42 Å². The fourth-order valence-corrected chi connectivity index (χ4v) is 6.80. The number of hydrogen-bond acceptors (Lipinski definition) is 5. The average Bonchev–Trinajstić information content (AvgIpc) is 2.79. The summed E-state index contributed by atoms with van der Waals surface area (Å²) in [5, 5.41) is 2.78. The van der Waals surface area contributed by atoms with Crippen LogP contribution in [0.5, 0.6) is 0 Å². The molecule has 0 heterocycles. The molecule has 3 rings (SSSR count). The average molecular weight is 441 g/mol. The first-order valence-electron chi connectivity index (χ1n) is 9.50. The molecule has 156 valence electrons. The summed E-state index contributed by atoms with van der Waals surface area (Å²) in [7, 11) is 1.41. The van der Waals surface area contributed by atoms with Gasteiger partial charge in [-0.3, -0.25) is 4.57 Å². The first kappa shape index (κ1) is 22.2. The lowest BCUT2D eigenvalue weighted by atomic mass is 10.1. The van der Waals surface area contributed by atoms with Crippen molar-refractivity contribution in [2.75, 3.05) is 7.11 Å². The van der Waals surface area contributed by atoms with Crippen LogP contribution in [0, 0.1) is 0 Å². The van der Waals surface area contributed by atoms with Crippen LogP contribution in [0.4, 0.5) is 4.79 Å². The highest BCUT2D eigenvalue weighted by molar-refractivity contribution is 8.56. The molecule has 2 unspecified atom stereocenters. The first-order valence-corrected chi connectivity index (χ1v) is 12.6. The van der Waals surface area contributed by atoms with Gasteiger partial charge in [0.15, 0.2) is 0 Å². The lowest BCUT2D eigenvalue weighted by Crippen LogP contribution is -2.36. The van der Waals surface area contributed by atoms with Gasteiger partial charge in [-0.2, -0.15) is 0 Å². The Labute approximate surface area is 181 Å². The third-order valence-electron chi connectivity index (χ3n) is 4.38. The SMILES string of the molecule is COP(=O)(Sc1ccccc1)C(Cc1ccccc1)NC(=O)OCc1ccccc1. The zero-order valence-electron chi connectivity index (χ0n) is 16.6. The van der Waals surface area contributed by atoms with Crippen molar-refractivity contribution in [1.82, 2.24) is 5.32 Å². The molecule has 0 fully saturated rings. The van der Waals surface area contributed by atoms with Crippen molar-refractivity contribution in [3.63, 3.8) is 0 Å². The van der Waals surface area contributed by atoms with E-state index in [1.807, 2.05) is 91.0 Å². The standard InChI is InChI=1S/C23H24NO4PS/c1-27-29(26,30-21-15-9-4-10-16-21)22(17-19-11-5-2-6-12-19)24-23(25)28-18-20-13-7-3-8-14-20/h2-16,22H,17-18H2,1H3,(H,24,25). The van der Waals surface area contributed by atoms with Gasteiger partial charge >= 0.3 is 6.09 Å². The van der Waals surface area contributed by atoms with Crippen molar-refractivity contribution in [3.05, 3.63) is 102 Å². The van der Waals surface area contributed by atoms with Gasteiger partial charge in [0, 0.05) is 18.4 Å². The largest absolute Gasteiger partial charge is 0.445 e. The smallest absolute Gasteiger partial charge is 0.408 e. The number of ether oxygens (including phenoxy) is 1. The Morgan fingerprint density at radius 1 is 0.900 bits per heavy atom. The van der Waals surface area contributed by atoms with Crippen molar-refractivity contribution in [1.29, 1.82) is 0 Å². The van der Waals surface area contributed by atoms with E-state index in [1.165, 1.54) is 7.11 Å². The van der Waals surface area contributed by atoms with Gasteiger partial charge in [-0.25, -0.2) is 4.79 Å². The quantitative estimate of drug-likeness (QED) is 0.406. The molecule has 0 aliphatic rings. The molecule has 0 saturated carbocycles. The maximum absolute atomic E-state index is 13.7. The van der Waals surface area contributed by atoms with Gasteiger partial charge < -0.3 is 14.6 Å². The summed E-state index contributed by atoms with van der Waals surface area (Å²) in [4.78, 5) is 13.3. The maximum atomic E-state index is 13.7. The highest BCUT2D eigenvalue weighted by atomic mass is 32.7. The molecule has 5 nitrogen and oxygen atoms in total. The van der Waals surface area contributed by atoms with E-state index in [-0.39, 0.29) is 6.61 Å². The van der Waals surface area contributed by atoms with Crippen LogP contribution in [0.25, 0.3) is 0 Å². The van der Waals surface area contributed by atoms with E-state index in [0.717, 1.165) is 27.4 Å².